The third-order valence-corrected chi connectivity index (χ3v) is 3.82. The van der Waals surface area contributed by atoms with Crippen LogP contribution in [0.3, 0.4) is 0 Å². The molecule has 21 heavy (non-hydrogen) atoms. The van der Waals surface area contributed by atoms with Crippen molar-refractivity contribution in [2.75, 3.05) is 39.3 Å². The Hall–Kier alpha value is -1.56. The maximum atomic E-state index is 12.0. The van der Waals surface area contributed by atoms with Crippen molar-refractivity contribution in [3.05, 3.63) is 41.1 Å². The summed E-state index contributed by atoms with van der Waals surface area (Å²) in [5, 5.41) is 3.44. The van der Waals surface area contributed by atoms with Gasteiger partial charge in [0, 0.05) is 50.5 Å². The SMILES string of the molecule is NCCN1CCN(C(=O)N/C=C/c2ccccc2Cl)CC1. The average Bonchev–Trinajstić information content (AvgIpc) is 2.50. The van der Waals surface area contributed by atoms with Gasteiger partial charge in [0.25, 0.3) is 0 Å². The second kappa shape index (κ2) is 8.02. The number of nitrogens with two attached hydrogens (primary N) is 1. The second-order valence-corrected chi connectivity index (χ2v) is 5.33. The van der Waals surface area contributed by atoms with E-state index in [2.05, 4.69) is 10.2 Å². The van der Waals surface area contributed by atoms with Gasteiger partial charge in [-0.25, -0.2) is 4.79 Å². The molecule has 0 aromatic heterocycles. The highest BCUT2D eigenvalue weighted by atomic mass is 35.5. The molecule has 0 radical (unpaired) electrons. The molecule has 1 aliphatic rings. The van der Waals surface area contributed by atoms with Gasteiger partial charge in [0.05, 0.1) is 0 Å². The molecule has 1 fully saturated rings. The zero-order valence-electron chi connectivity index (χ0n) is 12.0. The van der Waals surface area contributed by atoms with Gasteiger partial charge < -0.3 is 16.0 Å². The summed E-state index contributed by atoms with van der Waals surface area (Å²) in [6, 6.07) is 7.42. The first-order valence-electron chi connectivity index (χ1n) is 7.09. The fourth-order valence-electron chi connectivity index (χ4n) is 2.26. The maximum Gasteiger partial charge on any atom is 0.321 e. The summed E-state index contributed by atoms with van der Waals surface area (Å²) in [6.45, 7) is 4.75. The van der Waals surface area contributed by atoms with E-state index < -0.39 is 0 Å². The topological polar surface area (TPSA) is 61.6 Å². The van der Waals surface area contributed by atoms with E-state index in [4.69, 9.17) is 17.3 Å². The first kappa shape index (κ1) is 15.8. The van der Waals surface area contributed by atoms with Crippen LogP contribution in [0.15, 0.2) is 30.5 Å². The van der Waals surface area contributed by atoms with Crippen molar-refractivity contribution in [2.24, 2.45) is 5.73 Å². The zero-order chi connectivity index (χ0) is 15.1. The van der Waals surface area contributed by atoms with Crippen LogP contribution in [0.4, 0.5) is 4.79 Å². The van der Waals surface area contributed by atoms with Gasteiger partial charge in [-0.2, -0.15) is 0 Å². The number of carbonyl (C=O) groups is 1. The highest BCUT2D eigenvalue weighted by Crippen LogP contribution is 2.15. The van der Waals surface area contributed by atoms with Gasteiger partial charge in [-0.15, -0.1) is 0 Å². The largest absolute Gasteiger partial charge is 0.329 e. The van der Waals surface area contributed by atoms with Gasteiger partial charge in [0.15, 0.2) is 0 Å². The molecule has 1 aromatic rings. The number of hydrogen-bond acceptors (Lipinski definition) is 3. The monoisotopic (exact) mass is 308 g/mol. The molecule has 5 nitrogen and oxygen atoms in total. The van der Waals surface area contributed by atoms with Crippen LogP contribution in [0.1, 0.15) is 5.56 Å². The third kappa shape index (κ3) is 4.74. The average molecular weight is 309 g/mol. The molecule has 1 saturated heterocycles. The molecule has 0 aliphatic carbocycles. The van der Waals surface area contributed by atoms with Crippen molar-refractivity contribution in [2.45, 2.75) is 0 Å². The van der Waals surface area contributed by atoms with Crippen LogP contribution in [-0.2, 0) is 0 Å². The van der Waals surface area contributed by atoms with Crippen LogP contribution < -0.4 is 11.1 Å². The van der Waals surface area contributed by atoms with Crippen molar-refractivity contribution < 1.29 is 4.79 Å². The van der Waals surface area contributed by atoms with Gasteiger partial charge in [-0.1, -0.05) is 29.8 Å². The van der Waals surface area contributed by atoms with Crippen LogP contribution in [0, 0.1) is 0 Å². The van der Waals surface area contributed by atoms with Crippen molar-refractivity contribution in [3.8, 4) is 0 Å². The smallest absolute Gasteiger partial charge is 0.321 e. The Morgan fingerprint density at radius 2 is 2.00 bits per heavy atom. The molecule has 1 aliphatic heterocycles. The Morgan fingerprint density at radius 1 is 1.29 bits per heavy atom. The minimum Gasteiger partial charge on any atom is -0.329 e. The summed E-state index contributed by atoms with van der Waals surface area (Å²) in [5.41, 5.74) is 6.41. The van der Waals surface area contributed by atoms with E-state index in [1.54, 1.807) is 12.3 Å². The molecule has 0 saturated carbocycles. The number of piperazine rings is 1. The molecule has 0 spiro atoms. The van der Waals surface area contributed by atoms with E-state index in [9.17, 15) is 4.79 Å². The lowest BCUT2D eigenvalue weighted by Gasteiger charge is -2.34. The molecule has 6 heteroatoms. The fourth-order valence-corrected chi connectivity index (χ4v) is 2.46. The highest BCUT2D eigenvalue weighted by molar-refractivity contribution is 6.32. The van der Waals surface area contributed by atoms with E-state index in [1.165, 1.54) is 0 Å². The van der Waals surface area contributed by atoms with Gasteiger partial charge in [-0.05, 0) is 17.7 Å². The van der Waals surface area contributed by atoms with Gasteiger partial charge in [0.1, 0.15) is 0 Å². The van der Waals surface area contributed by atoms with E-state index in [0.717, 1.165) is 38.3 Å². The first-order chi connectivity index (χ1) is 10.2. The molecular formula is C15H21ClN4O. The van der Waals surface area contributed by atoms with Gasteiger partial charge in [-0.3, -0.25) is 4.90 Å². The van der Waals surface area contributed by atoms with Crippen LogP contribution in [0.5, 0.6) is 0 Å². The summed E-state index contributed by atoms with van der Waals surface area (Å²) < 4.78 is 0. The summed E-state index contributed by atoms with van der Waals surface area (Å²) >= 11 is 6.04. The van der Waals surface area contributed by atoms with Crippen LogP contribution >= 0.6 is 11.6 Å². The van der Waals surface area contributed by atoms with E-state index >= 15 is 0 Å². The lowest BCUT2D eigenvalue weighted by atomic mass is 10.2. The molecule has 3 N–H and O–H groups in total. The van der Waals surface area contributed by atoms with Gasteiger partial charge >= 0.3 is 6.03 Å². The number of hydrogen-bond donors (Lipinski definition) is 2. The molecule has 114 valence electrons. The predicted octanol–water partition coefficient (Wildman–Crippen LogP) is 1.60. The fraction of sp³-hybridized carbons (Fsp3) is 0.400. The Kier molecular flexibility index (Phi) is 6.04. The standard InChI is InChI=1S/C15H21ClN4O/c16-14-4-2-1-3-13(14)5-7-18-15(21)20-11-9-19(8-6-17)10-12-20/h1-5,7H,6,8-12,17H2,(H,18,21)/b7-5+. The molecule has 1 aromatic carbocycles. The van der Waals surface area contributed by atoms with Crippen molar-refractivity contribution in [1.29, 1.82) is 0 Å². The van der Waals surface area contributed by atoms with Crippen molar-refractivity contribution in [1.82, 2.24) is 15.1 Å². The number of nitrogens with zero attached hydrogens (tertiary/aromatic N) is 2. The highest BCUT2D eigenvalue weighted by Gasteiger charge is 2.19. The minimum atomic E-state index is -0.0781. The summed E-state index contributed by atoms with van der Waals surface area (Å²) in [5.74, 6) is 0. The number of urea groups is 1. The number of carbonyl (C=O) groups excluding carboxylic acids is 1. The molecule has 2 rings (SSSR count). The summed E-state index contributed by atoms with van der Waals surface area (Å²) in [4.78, 5) is 16.1. The van der Waals surface area contributed by atoms with Crippen molar-refractivity contribution >= 4 is 23.7 Å². The quantitative estimate of drug-likeness (QED) is 0.888. The zero-order valence-corrected chi connectivity index (χ0v) is 12.7. The lowest BCUT2D eigenvalue weighted by molar-refractivity contribution is 0.143. The number of amides is 2. The Labute approximate surface area is 130 Å². The molecular weight excluding hydrogens is 288 g/mol. The number of nitrogens with one attached hydrogen (secondary N) is 1. The summed E-state index contributed by atoms with van der Waals surface area (Å²) in [7, 11) is 0. The molecule has 1 heterocycles. The van der Waals surface area contributed by atoms with Crippen LogP contribution in [0.2, 0.25) is 5.02 Å². The minimum absolute atomic E-state index is 0.0781. The number of rotatable bonds is 4. The Morgan fingerprint density at radius 3 is 2.67 bits per heavy atom. The molecule has 2 amide bonds. The van der Waals surface area contributed by atoms with E-state index in [1.807, 2.05) is 29.2 Å². The predicted molar refractivity (Wildman–Crippen MR) is 86.1 cm³/mol. The maximum absolute atomic E-state index is 12.0. The summed E-state index contributed by atoms with van der Waals surface area (Å²) in [6.07, 6.45) is 3.43. The third-order valence-electron chi connectivity index (χ3n) is 3.48. The van der Waals surface area contributed by atoms with E-state index in [-0.39, 0.29) is 6.03 Å². The molecule has 0 atom stereocenters. The lowest BCUT2D eigenvalue weighted by Crippen LogP contribution is -2.51. The Balaban J connectivity index is 1.79. The van der Waals surface area contributed by atoms with E-state index in [0.29, 0.717) is 11.6 Å². The van der Waals surface area contributed by atoms with Crippen LogP contribution in [0.25, 0.3) is 6.08 Å². The normalized spacial score (nSPS) is 16.4. The number of halogens is 1. The first-order valence-corrected chi connectivity index (χ1v) is 7.47. The second-order valence-electron chi connectivity index (χ2n) is 4.92. The number of benzene rings is 1. The molecule has 0 unspecified atom stereocenters. The van der Waals surface area contributed by atoms with Crippen molar-refractivity contribution in [3.63, 3.8) is 0 Å². The van der Waals surface area contributed by atoms with Gasteiger partial charge in [0.2, 0.25) is 0 Å². The van der Waals surface area contributed by atoms with Crippen LogP contribution in [-0.4, -0.2) is 55.1 Å². The molecule has 0 bridgehead atoms. The Bertz CT molecular complexity index is 498.